The van der Waals surface area contributed by atoms with E-state index in [1.807, 2.05) is 0 Å². The van der Waals surface area contributed by atoms with Gasteiger partial charge in [-0.2, -0.15) is 0 Å². The van der Waals surface area contributed by atoms with Crippen molar-refractivity contribution >= 4 is 41.9 Å². The minimum absolute atomic E-state index is 0.178. The van der Waals surface area contributed by atoms with E-state index >= 15 is 0 Å². The summed E-state index contributed by atoms with van der Waals surface area (Å²) in [6, 6.07) is 5.09. The van der Waals surface area contributed by atoms with Crippen LogP contribution in [0.3, 0.4) is 0 Å². The Morgan fingerprint density at radius 2 is 2.10 bits per heavy atom. The van der Waals surface area contributed by atoms with Crippen LogP contribution in [0, 0.1) is 0 Å². The Balaban J connectivity index is 1.95. The molecule has 1 aliphatic heterocycles. The van der Waals surface area contributed by atoms with Gasteiger partial charge in [-0.15, -0.1) is 0 Å². The molecule has 1 aliphatic rings. The molecule has 1 aromatic rings. The molecule has 2 rings (SSSR count). The summed E-state index contributed by atoms with van der Waals surface area (Å²) in [5.41, 5.74) is 0. The predicted molar refractivity (Wildman–Crippen MR) is 85.2 cm³/mol. The van der Waals surface area contributed by atoms with Crippen LogP contribution in [0.25, 0.3) is 0 Å². The highest BCUT2D eigenvalue weighted by molar-refractivity contribution is 9.11. The average molecular weight is 427 g/mol. The molecule has 4 nitrogen and oxygen atoms in total. The fourth-order valence-electron chi connectivity index (χ4n) is 2.15. The Bertz CT molecular complexity index is 557. The molecule has 1 fully saturated rings. The van der Waals surface area contributed by atoms with Crippen LogP contribution in [0.2, 0.25) is 0 Å². The highest BCUT2D eigenvalue weighted by Gasteiger charge is 2.19. The van der Waals surface area contributed by atoms with Gasteiger partial charge in [-0.1, -0.05) is 15.9 Å². The Morgan fingerprint density at radius 3 is 2.80 bits per heavy atom. The average Bonchev–Trinajstić information content (AvgIpc) is 2.42. The molecule has 1 heterocycles. The summed E-state index contributed by atoms with van der Waals surface area (Å²) in [6.07, 6.45) is 4.17. The van der Waals surface area contributed by atoms with Gasteiger partial charge in [-0.05, 0) is 59.8 Å². The molecular weight excluding hydrogens is 410 g/mol. The maximum atomic E-state index is 12.2. The van der Waals surface area contributed by atoms with Gasteiger partial charge in [0.1, 0.15) is 0 Å². The van der Waals surface area contributed by atoms with Crippen LogP contribution in [0.15, 0.2) is 32.0 Å². The third-order valence-corrected chi connectivity index (χ3v) is 6.16. The lowest BCUT2D eigenvalue weighted by molar-refractivity contribution is 0.0123. The Labute approximate surface area is 136 Å². The predicted octanol–water partition coefficient (Wildman–Crippen LogP) is 3.45. The molecule has 0 aliphatic carbocycles. The number of benzene rings is 1. The summed E-state index contributed by atoms with van der Waals surface area (Å²) in [5, 5.41) is 0. The van der Waals surface area contributed by atoms with Gasteiger partial charge in [-0.3, -0.25) is 0 Å². The lowest BCUT2D eigenvalue weighted by atomic mass is 10.1. The van der Waals surface area contributed by atoms with E-state index < -0.39 is 10.0 Å². The van der Waals surface area contributed by atoms with Crippen LogP contribution in [0.4, 0.5) is 0 Å². The molecule has 0 aromatic heterocycles. The van der Waals surface area contributed by atoms with Crippen molar-refractivity contribution in [1.29, 1.82) is 0 Å². The van der Waals surface area contributed by atoms with Crippen molar-refractivity contribution < 1.29 is 13.2 Å². The summed E-state index contributed by atoms with van der Waals surface area (Å²) in [6.45, 7) is 1.18. The molecule has 1 N–H and O–H groups in total. The summed E-state index contributed by atoms with van der Waals surface area (Å²) in [4.78, 5) is 0.247. The monoisotopic (exact) mass is 425 g/mol. The zero-order chi connectivity index (χ0) is 14.6. The quantitative estimate of drug-likeness (QED) is 0.784. The largest absolute Gasteiger partial charge is 0.378 e. The van der Waals surface area contributed by atoms with Crippen molar-refractivity contribution in [3.05, 3.63) is 27.1 Å². The van der Waals surface area contributed by atoms with Crippen molar-refractivity contribution in [2.75, 3.05) is 13.2 Å². The van der Waals surface area contributed by atoms with Crippen LogP contribution in [-0.2, 0) is 14.8 Å². The van der Waals surface area contributed by atoms with Crippen molar-refractivity contribution in [1.82, 2.24) is 4.72 Å². The molecule has 20 heavy (non-hydrogen) atoms. The second-order valence-corrected chi connectivity index (χ2v) is 8.26. The summed E-state index contributed by atoms with van der Waals surface area (Å²) < 4.78 is 34.0. The van der Waals surface area contributed by atoms with Gasteiger partial charge in [0.15, 0.2) is 0 Å². The minimum atomic E-state index is -3.50. The van der Waals surface area contributed by atoms with Gasteiger partial charge < -0.3 is 4.74 Å². The first-order valence-corrected chi connectivity index (χ1v) is 9.62. The van der Waals surface area contributed by atoms with E-state index in [-0.39, 0.29) is 11.0 Å². The molecule has 0 radical (unpaired) electrons. The number of hydrogen-bond acceptors (Lipinski definition) is 3. The Hall–Kier alpha value is 0.0500. The highest BCUT2D eigenvalue weighted by Crippen LogP contribution is 2.25. The lowest BCUT2D eigenvalue weighted by Crippen LogP contribution is -2.29. The molecule has 0 saturated carbocycles. The normalized spacial score (nSPS) is 20.0. The number of sulfonamides is 1. The third-order valence-electron chi connectivity index (χ3n) is 3.22. The van der Waals surface area contributed by atoms with E-state index in [1.165, 1.54) is 0 Å². The SMILES string of the molecule is O=S(=O)(NCCC1CCCCO1)c1cc(Br)ccc1Br. The third kappa shape index (κ3) is 4.53. The second kappa shape index (κ2) is 7.35. The molecule has 0 amide bonds. The lowest BCUT2D eigenvalue weighted by Gasteiger charge is -2.22. The standard InChI is InChI=1S/C13H17Br2NO3S/c14-10-4-5-12(15)13(9-10)20(17,18)16-7-6-11-3-1-2-8-19-11/h4-5,9,11,16H,1-3,6-8H2. The Morgan fingerprint density at radius 1 is 1.30 bits per heavy atom. The van der Waals surface area contributed by atoms with Gasteiger partial charge >= 0.3 is 0 Å². The van der Waals surface area contributed by atoms with Gasteiger partial charge in [0.25, 0.3) is 0 Å². The maximum absolute atomic E-state index is 12.2. The zero-order valence-electron chi connectivity index (χ0n) is 10.9. The first kappa shape index (κ1) is 16.4. The smallest absolute Gasteiger partial charge is 0.241 e. The number of ether oxygens (including phenoxy) is 1. The molecule has 1 unspecified atom stereocenters. The van der Waals surface area contributed by atoms with Crippen molar-refractivity contribution in [2.24, 2.45) is 0 Å². The topological polar surface area (TPSA) is 55.4 Å². The highest BCUT2D eigenvalue weighted by atomic mass is 79.9. The molecule has 1 atom stereocenters. The number of hydrogen-bond donors (Lipinski definition) is 1. The van der Waals surface area contributed by atoms with Crippen LogP contribution in [0.1, 0.15) is 25.7 Å². The number of rotatable bonds is 5. The minimum Gasteiger partial charge on any atom is -0.378 e. The maximum Gasteiger partial charge on any atom is 0.241 e. The first-order valence-electron chi connectivity index (χ1n) is 6.55. The van der Waals surface area contributed by atoms with Gasteiger partial charge in [0, 0.05) is 22.1 Å². The van der Waals surface area contributed by atoms with Crippen LogP contribution >= 0.6 is 31.9 Å². The zero-order valence-corrected chi connectivity index (χ0v) is 14.9. The van der Waals surface area contributed by atoms with Crippen molar-refractivity contribution in [3.8, 4) is 0 Å². The van der Waals surface area contributed by atoms with E-state index in [2.05, 4.69) is 36.6 Å². The fourth-order valence-corrected chi connectivity index (χ4v) is 4.70. The summed E-state index contributed by atoms with van der Waals surface area (Å²) in [5.74, 6) is 0. The van der Waals surface area contributed by atoms with Crippen LogP contribution < -0.4 is 4.72 Å². The summed E-state index contributed by atoms with van der Waals surface area (Å²) >= 11 is 6.56. The van der Waals surface area contributed by atoms with E-state index in [9.17, 15) is 8.42 Å². The fraction of sp³-hybridized carbons (Fsp3) is 0.538. The Kier molecular flexibility index (Phi) is 6.04. The first-order chi connectivity index (χ1) is 9.49. The van der Waals surface area contributed by atoms with E-state index in [0.717, 1.165) is 30.3 Å². The van der Waals surface area contributed by atoms with Crippen molar-refractivity contribution in [2.45, 2.75) is 36.7 Å². The van der Waals surface area contributed by atoms with Gasteiger partial charge in [0.05, 0.1) is 11.0 Å². The molecular formula is C13H17Br2NO3S. The molecule has 112 valence electrons. The van der Waals surface area contributed by atoms with E-state index in [0.29, 0.717) is 17.4 Å². The van der Waals surface area contributed by atoms with Gasteiger partial charge in [-0.25, -0.2) is 13.1 Å². The second-order valence-electron chi connectivity index (χ2n) is 4.75. The number of nitrogens with one attached hydrogen (secondary N) is 1. The number of halogens is 2. The molecule has 0 bridgehead atoms. The van der Waals surface area contributed by atoms with Crippen LogP contribution in [-0.4, -0.2) is 27.7 Å². The van der Waals surface area contributed by atoms with Gasteiger partial charge in [0.2, 0.25) is 10.0 Å². The molecule has 7 heteroatoms. The summed E-state index contributed by atoms with van der Waals surface area (Å²) in [7, 11) is -3.50. The molecule has 0 spiro atoms. The van der Waals surface area contributed by atoms with E-state index in [4.69, 9.17) is 4.74 Å². The van der Waals surface area contributed by atoms with Crippen molar-refractivity contribution in [3.63, 3.8) is 0 Å². The molecule has 1 aromatic carbocycles. The van der Waals surface area contributed by atoms with E-state index in [1.54, 1.807) is 18.2 Å². The molecule has 1 saturated heterocycles. The van der Waals surface area contributed by atoms with Crippen LogP contribution in [0.5, 0.6) is 0 Å².